The van der Waals surface area contributed by atoms with Crippen LogP contribution in [0.15, 0.2) is 22.7 Å². The molecule has 112 valence electrons. The lowest BCUT2D eigenvalue weighted by Gasteiger charge is -2.26. The lowest BCUT2D eigenvalue weighted by atomic mass is 10.1. The van der Waals surface area contributed by atoms with Crippen molar-refractivity contribution in [1.29, 1.82) is 0 Å². The van der Waals surface area contributed by atoms with E-state index in [0.29, 0.717) is 0 Å². The van der Waals surface area contributed by atoms with Gasteiger partial charge < -0.3 is 10.2 Å². The second-order valence-corrected chi connectivity index (χ2v) is 6.90. The summed E-state index contributed by atoms with van der Waals surface area (Å²) in [6.45, 7) is 5.45. The minimum absolute atomic E-state index is 0.885. The van der Waals surface area contributed by atoms with Crippen molar-refractivity contribution in [2.24, 2.45) is 5.92 Å². The third kappa shape index (κ3) is 4.49. The van der Waals surface area contributed by atoms with E-state index in [1.807, 2.05) is 0 Å². The molecule has 0 bridgehead atoms. The second kappa shape index (κ2) is 8.04. The molecule has 0 aromatic heterocycles. The Morgan fingerprint density at radius 1 is 1.30 bits per heavy atom. The zero-order valence-electron chi connectivity index (χ0n) is 12.8. The molecule has 1 fully saturated rings. The van der Waals surface area contributed by atoms with Gasteiger partial charge in [-0.1, -0.05) is 41.8 Å². The molecule has 0 spiro atoms. The van der Waals surface area contributed by atoms with Crippen molar-refractivity contribution in [3.05, 3.63) is 28.2 Å². The summed E-state index contributed by atoms with van der Waals surface area (Å²) in [5.41, 5.74) is 2.78. The van der Waals surface area contributed by atoms with E-state index in [9.17, 15) is 0 Å². The van der Waals surface area contributed by atoms with Crippen LogP contribution in [0.1, 0.15) is 44.6 Å². The van der Waals surface area contributed by atoms with Gasteiger partial charge in [0, 0.05) is 30.3 Å². The maximum absolute atomic E-state index is 3.61. The lowest BCUT2D eigenvalue weighted by molar-refractivity contribution is 0.545. The molecule has 0 aliphatic heterocycles. The van der Waals surface area contributed by atoms with Crippen LogP contribution in [0.3, 0.4) is 0 Å². The summed E-state index contributed by atoms with van der Waals surface area (Å²) < 4.78 is 1.17. The van der Waals surface area contributed by atoms with Crippen LogP contribution in [0.5, 0.6) is 0 Å². The van der Waals surface area contributed by atoms with Crippen LogP contribution in [-0.4, -0.2) is 20.1 Å². The first-order valence-corrected chi connectivity index (χ1v) is 8.70. The number of nitrogens with one attached hydrogen (secondary N) is 1. The Morgan fingerprint density at radius 3 is 2.75 bits per heavy atom. The van der Waals surface area contributed by atoms with E-state index in [0.717, 1.165) is 19.0 Å². The fraction of sp³-hybridized carbons (Fsp3) is 0.647. The van der Waals surface area contributed by atoms with Gasteiger partial charge in [-0.3, -0.25) is 0 Å². The third-order valence-electron chi connectivity index (χ3n) is 4.21. The fourth-order valence-electron chi connectivity index (χ4n) is 3.12. The monoisotopic (exact) mass is 338 g/mol. The molecule has 2 nitrogen and oxygen atoms in total. The first-order valence-electron chi connectivity index (χ1n) is 7.91. The van der Waals surface area contributed by atoms with Crippen LogP contribution in [0, 0.1) is 5.92 Å². The molecule has 20 heavy (non-hydrogen) atoms. The van der Waals surface area contributed by atoms with Crippen molar-refractivity contribution < 1.29 is 0 Å². The summed E-state index contributed by atoms with van der Waals surface area (Å²) in [7, 11) is 2.24. The fourth-order valence-corrected chi connectivity index (χ4v) is 3.47. The number of hydrogen-bond acceptors (Lipinski definition) is 2. The molecule has 3 heteroatoms. The zero-order chi connectivity index (χ0) is 14.4. The molecular weight excluding hydrogens is 312 g/mol. The van der Waals surface area contributed by atoms with Crippen LogP contribution in [-0.2, 0) is 6.54 Å². The van der Waals surface area contributed by atoms with Gasteiger partial charge in [-0.2, -0.15) is 0 Å². The topological polar surface area (TPSA) is 15.3 Å². The molecule has 0 atom stereocenters. The number of anilines is 1. The number of hydrogen-bond donors (Lipinski definition) is 1. The van der Waals surface area contributed by atoms with Crippen molar-refractivity contribution >= 4 is 21.6 Å². The average Bonchev–Trinajstić information content (AvgIpc) is 2.93. The Morgan fingerprint density at radius 2 is 2.05 bits per heavy atom. The maximum Gasteiger partial charge on any atom is 0.0420 e. The van der Waals surface area contributed by atoms with Gasteiger partial charge in [-0.25, -0.2) is 0 Å². The molecule has 0 amide bonds. The van der Waals surface area contributed by atoms with Gasteiger partial charge in [-0.15, -0.1) is 0 Å². The van der Waals surface area contributed by atoms with Crippen LogP contribution in [0.2, 0.25) is 0 Å². The molecule has 1 aliphatic rings. The average molecular weight is 339 g/mol. The summed E-state index contributed by atoms with van der Waals surface area (Å²) in [5, 5.41) is 3.52. The Bertz CT molecular complexity index is 413. The van der Waals surface area contributed by atoms with E-state index in [2.05, 4.69) is 58.3 Å². The Kier molecular flexibility index (Phi) is 6.37. The van der Waals surface area contributed by atoms with Crippen molar-refractivity contribution in [3.63, 3.8) is 0 Å². The molecule has 2 rings (SSSR count). The highest BCUT2D eigenvalue weighted by Crippen LogP contribution is 2.29. The van der Waals surface area contributed by atoms with Crippen LogP contribution in [0.4, 0.5) is 5.69 Å². The van der Waals surface area contributed by atoms with E-state index in [1.54, 1.807) is 0 Å². The smallest absolute Gasteiger partial charge is 0.0420 e. The minimum atomic E-state index is 0.885. The van der Waals surface area contributed by atoms with Crippen molar-refractivity contribution in [3.8, 4) is 0 Å². The van der Waals surface area contributed by atoms with Crippen molar-refractivity contribution in [1.82, 2.24) is 5.32 Å². The van der Waals surface area contributed by atoms with E-state index < -0.39 is 0 Å². The predicted octanol–water partition coefficient (Wildman–Crippen LogP) is 4.58. The summed E-state index contributed by atoms with van der Waals surface area (Å²) in [4.78, 5) is 2.45. The molecule has 0 saturated heterocycles. The van der Waals surface area contributed by atoms with Crippen molar-refractivity contribution in [2.75, 3.05) is 25.0 Å². The molecule has 0 unspecified atom stereocenters. The molecule has 1 aromatic rings. The summed E-state index contributed by atoms with van der Waals surface area (Å²) >= 11 is 3.61. The zero-order valence-corrected chi connectivity index (χ0v) is 14.4. The van der Waals surface area contributed by atoms with Gasteiger partial charge in [-0.05, 0) is 49.4 Å². The highest BCUT2D eigenvalue weighted by atomic mass is 79.9. The number of rotatable bonds is 7. The van der Waals surface area contributed by atoms with Gasteiger partial charge >= 0.3 is 0 Å². The standard InChI is InChI=1S/C17H27BrN2/c1-3-10-19-12-15-8-9-16(18)11-17(15)20(2)13-14-6-4-5-7-14/h8-9,11,14,19H,3-7,10,12-13H2,1-2H3. The van der Waals surface area contributed by atoms with Crippen LogP contribution < -0.4 is 10.2 Å². The number of nitrogens with zero attached hydrogens (tertiary/aromatic N) is 1. The van der Waals surface area contributed by atoms with Gasteiger partial charge in [0.1, 0.15) is 0 Å². The minimum Gasteiger partial charge on any atom is -0.374 e. The largest absolute Gasteiger partial charge is 0.374 e. The van der Waals surface area contributed by atoms with Gasteiger partial charge in [0.25, 0.3) is 0 Å². The van der Waals surface area contributed by atoms with E-state index in [-0.39, 0.29) is 0 Å². The summed E-state index contributed by atoms with van der Waals surface area (Å²) in [6.07, 6.45) is 6.83. The van der Waals surface area contributed by atoms with Crippen LogP contribution >= 0.6 is 15.9 Å². The number of benzene rings is 1. The third-order valence-corrected chi connectivity index (χ3v) is 4.70. The number of halogens is 1. The maximum atomic E-state index is 3.61. The molecular formula is C17H27BrN2. The van der Waals surface area contributed by atoms with Crippen LogP contribution in [0.25, 0.3) is 0 Å². The van der Waals surface area contributed by atoms with E-state index in [1.165, 1.54) is 54.4 Å². The summed E-state index contributed by atoms with van der Waals surface area (Å²) in [6, 6.07) is 6.65. The Hall–Kier alpha value is -0.540. The Labute approximate surface area is 132 Å². The highest BCUT2D eigenvalue weighted by Gasteiger charge is 2.18. The second-order valence-electron chi connectivity index (χ2n) is 5.98. The molecule has 1 aromatic carbocycles. The summed E-state index contributed by atoms with van der Waals surface area (Å²) in [5.74, 6) is 0.885. The molecule has 1 saturated carbocycles. The normalized spacial score (nSPS) is 15.8. The van der Waals surface area contributed by atoms with E-state index in [4.69, 9.17) is 0 Å². The molecule has 1 N–H and O–H groups in total. The van der Waals surface area contributed by atoms with Gasteiger partial charge in [0.15, 0.2) is 0 Å². The van der Waals surface area contributed by atoms with Crippen molar-refractivity contribution in [2.45, 2.75) is 45.6 Å². The molecule has 0 radical (unpaired) electrons. The quantitative estimate of drug-likeness (QED) is 0.732. The lowest BCUT2D eigenvalue weighted by Crippen LogP contribution is -2.26. The SMILES string of the molecule is CCCNCc1ccc(Br)cc1N(C)CC1CCCC1. The first kappa shape index (κ1) is 15.8. The Balaban J connectivity index is 2.04. The van der Waals surface area contributed by atoms with Gasteiger partial charge in [0.2, 0.25) is 0 Å². The molecule has 0 heterocycles. The van der Waals surface area contributed by atoms with E-state index >= 15 is 0 Å². The molecule has 1 aliphatic carbocycles. The highest BCUT2D eigenvalue weighted by molar-refractivity contribution is 9.10. The first-order chi connectivity index (χ1) is 9.70. The van der Waals surface area contributed by atoms with Gasteiger partial charge in [0.05, 0.1) is 0 Å². The predicted molar refractivity (Wildman–Crippen MR) is 91.4 cm³/mol.